The molecule has 16 heavy (non-hydrogen) atoms. The Morgan fingerprint density at radius 3 is 3.00 bits per heavy atom. The first kappa shape index (κ1) is 13.4. The van der Waals surface area contributed by atoms with E-state index >= 15 is 0 Å². The Morgan fingerprint density at radius 1 is 1.69 bits per heavy atom. The van der Waals surface area contributed by atoms with Gasteiger partial charge in [-0.1, -0.05) is 0 Å². The largest absolute Gasteiger partial charge is 0.480 e. The number of rotatable bonds is 6. The van der Waals surface area contributed by atoms with E-state index in [-0.39, 0.29) is 0 Å². The molecule has 2 atom stereocenters. The van der Waals surface area contributed by atoms with Crippen LogP contribution in [0.15, 0.2) is 0 Å². The number of ether oxygens (including phenoxy) is 1. The third-order valence-electron chi connectivity index (χ3n) is 3.09. The molecule has 2 unspecified atom stereocenters. The normalized spacial score (nSPS) is 24.2. The first-order chi connectivity index (χ1) is 7.67. The molecule has 1 rings (SSSR count). The van der Waals surface area contributed by atoms with E-state index in [0.717, 1.165) is 26.1 Å². The van der Waals surface area contributed by atoms with Crippen LogP contribution in [0.1, 0.15) is 12.8 Å². The predicted octanol–water partition coefficient (Wildman–Crippen LogP) is 0.0174. The highest BCUT2D eigenvalue weighted by atomic mass is 16.5. The van der Waals surface area contributed by atoms with Crippen LogP contribution in [0.4, 0.5) is 0 Å². The summed E-state index contributed by atoms with van der Waals surface area (Å²) in [6.45, 7) is 3.28. The molecule has 2 N–H and O–H groups in total. The van der Waals surface area contributed by atoms with Crippen molar-refractivity contribution in [2.24, 2.45) is 5.92 Å². The summed E-state index contributed by atoms with van der Waals surface area (Å²) in [6.07, 6.45) is 2.31. The Kier molecular flexibility index (Phi) is 5.73. The predicted molar refractivity (Wildman–Crippen MR) is 61.5 cm³/mol. The van der Waals surface area contributed by atoms with Gasteiger partial charge in [-0.3, -0.25) is 4.79 Å². The Labute approximate surface area is 96.8 Å². The summed E-state index contributed by atoms with van der Waals surface area (Å²) >= 11 is 0. The van der Waals surface area contributed by atoms with Crippen molar-refractivity contribution < 1.29 is 14.6 Å². The fourth-order valence-corrected chi connectivity index (χ4v) is 2.24. The maximum atomic E-state index is 10.9. The van der Waals surface area contributed by atoms with Gasteiger partial charge in [0.05, 0.1) is 6.61 Å². The fourth-order valence-electron chi connectivity index (χ4n) is 2.24. The summed E-state index contributed by atoms with van der Waals surface area (Å²) in [5, 5.41) is 11.8. The molecule has 0 radical (unpaired) electrons. The summed E-state index contributed by atoms with van der Waals surface area (Å²) in [7, 11) is 3.40. The Morgan fingerprint density at radius 2 is 2.44 bits per heavy atom. The molecular formula is C11H22N2O3. The number of likely N-dealkylation sites (N-methyl/N-ethyl adjacent to an activating group) is 1. The average molecular weight is 230 g/mol. The molecule has 94 valence electrons. The van der Waals surface area contributed by atoms with Crippen molar-refractivity contribution in [2.45, 2.75) is 18.9 Å². The molecule has 0 saturated carbocycles. The minimum Gasteiger partial charge on any atom is -0.480 e. The van der Waals surface area contributed by atoms with Crippen LogP contribution < -0.4 is 5.32 Å². The summed E-state index contributed by atoms with van der Waals surface area (Å²) in [5.74, 6) is -0.235. The zero-order valence-electron chi connectivity index (χ0n) is 10.1. The van der Waals surface area contributed by atoms with Crippen LogP contribution in [0.25, 0.3) is 0 Å². The molecule has 0 aliphatic carbocycles. The second kappa shape index (κ2) is 6.83. The number of carboxylic acids is 1. The third kappa shape index (κ3) is 4.08. The number of piperidine rings is 1. The Bertz CT molecular complexity index is 221. The number of hydrogen-bond acceptors (Lipinski definition) is 4. The standard InChI is InChI=1S/C11H22N2O3/c1-12-10(11(14)15)7-13-5-3-4-9(6-13)8-16-2/h9-10,12H,3-8H2,1-2H3,(H,14,15). The summed E-state index contributed by atoms with van der Waals surface area (Å²) in [4.78, 5) is 13.1. The van der Waals surface area contributed by atoms with Crippen LogP contribution in [0.2, 0.25) is 0 Å². The monoisotopic (exact) mass is 230 g/mol. The topological polar surface area (TPSA) is 61.8 Å². The first-order valence-corrected chi connectivity index (χ1v) is 5.78. The summed E-state index contributed by atoms with van der Waals surface area (Å²) in [6, 6.07) is -0.471. The smallest absolute Gasteiger partial charge is 0.322 e. The van der Waals surface area contributed by atoms with E-state index in [9.17, 15) is 4.79 Å². The second-order valence-corrected chi connectivity index (χ2v) is 4.40. The number of carboxylic acid groups (broad SMARTS) is 1. The van der Waals surface area contributed by atoms with E-state index in [4.69, 9.17) is 9.84 Å². The number of likely N-dealkylation sites (tertiary alicyclic amines) is 1. The van der Waals surface area contributed by atoms with E-state index in [1.54, 1.807) is 14.2 Å². The molecule has 0 amide bonds. The zero-order valence-corrected chi connectivity index (χ0v) is 10.1. The van der Waals surface area contributed by atoms with Crippen LogP contribution in [-0.2, 0) is 9.53 Å². The Hall–Kier alpha value is -0.650. The lowest BCUT2D eigenvalue weighted by atomic mass is 9.98. The maximum absolute atomic E-state index is 10.9. The van der Waals surface area contributed by atoms with Crippen molar-refractivity contribution in [3.8, 4) is 0 Å². The highest BCUT2D eigenvalue weighted by Crippen LogP contribution is 2.16. The van der Waals surface area contributed by atoms with Crippen LogP contribution >= 0.6 is 0 Å². The minimum absolute atomic E-state index is 0.471. The highest BCUT2D eigenvalue weighted by molar-refractivity contribution is 5.73. The first-order valence-electron chi connectivity index (χ1n) is 5.78. The lowest BCUT2D eigenvalue weighted by molar-refractivity contribution is -0.140. The van der Waals surface area contributed by atoms with Gasteiger partial charge in [0.2, 0.25) is 0 Å². The third-order valence-corrected chi connectivity index (χ3v) is 3.09. The average Bonchev–Trinajstić information content (AvgIpc) is 2.26. The Balaban J connectivity index is 2.38. The van der Waals surface area contributed by atoms with Crippen molar-refractivity contribution in [2.75, 3.05) is 40.4 Å². The molecule has 1 saturated heterocycles. The summed E-state index contributed by atoms with van der Waals surface area (Å²) in [5.41, 5.74) is 0. The van der Waals surface area contributed by atoms with Gasteiger partial charge in [-0.05, 0) is 32.4 Å². The van der Waals surface area contributed by atoms with Crippen molar-refractivity contribution in [3.05, 3.63) is 0 Å². The molecule has 1 fully saturated rings. The maximum Gasteiger partial charge on any atom is 0.322 e. The lowest BCUT2D eigenvalue weighted by Gasteiger charge is -2.33. The number of aliphatic carboxylic acids is 1. The molecule has 0 bridgehead atoms. The highest BCUT2D eigenvalue weighted by Gasteiger charge is 2.24. The van der Waals surface area contributed by atoms with Crippen molar-refractivity contribution >= 4 is 5.97 Å². The molecule has 1 aliphatic heterocycles. The van der Waals surface area contributed by atoms with Crippen molar-refractivity contribution in [3.63, 3.8) is 0 Å². The van der Waals surface area contributed by atoms with Gasteiger partial charge < -0.3 is 20.1 Å². The molecule has 1 heterocycles. The van der Waals surface area contributed by atoms with Gasteiger partial charge in [-0.15, -0.1) is 0 Å². The lowest BCUT2D eigenvalue weighted by Crippen LogP contribution is -2.48. The number of carbonyl (C=O) groups is 1. The SMILES string of the molecule is CNC(CN1CCCC(COC)C1)C(=O)O. The zero-order chi connectivity index (χ0) is 12.0. The molecule has 5 nitrogen and oxygen atoms in total. The van der Waals surface area contributed by atoms with Gasteiger partial charge in [0.25, 0.3) is 0 Å². The minimum atomic E-state index is -0.781. The van der Waals surface area contributed by atoms with Gasteiger partial charge in [-0.2, -0.15) is 0 Å². The molecule has 5 heteroatoms. The van der Waals surface area contributed by atoms with E-state index in [2.05, 4.69) is 10.2 Å². The summed E-state index contributed by atoms with van der Waals surface area (Å²) < 4.78 is 5.15. The van der Waals surface area contributed by atoms with Gasteiger partial charge >= 0.3 is 5.97 Å². The fraction of sp³-hybridized carbons (Fsp3) is 0.909. The van der Waals surface area contributed by atoms with Crippen molar-refractivity contribution in [1.82, 2.24) is 10.2 Å². The van der Waals surface area contributed by atoms with E-state index in [1.807, 2.05) is 0 Å². The molecular weight excluding hydrogens is 208 g/mol. The number of methoxy groups -OCH3 is 1. The van der Waals surface area contributed by atoms with E-state index < -0.39 is 12.0 Å². The molecule has 0 aromatic rings. The van der Waals surface area contributed by atoms with Crippen LogP contribution in [0.5, 0.6) is 0 Å². The van der Waals surface area contributed by atoms with Gasteiger partial charge in [0.15, 0.2) is 0 Å². The molecule has 1 aliphatic rings. The van der Waals surface area contributed by atoms with Gasteiger partial charge in [0, 0.05) is 20.2 Å². The van der Waals surface area contributed by atoms with Crippen LogP contribution in [0.3, 0.4) is 0 Å². The molecule has 0 aromatic heterocycles. The van der Waals surface area contributed by atoms with Crippen molar-refractivity contribution in [1.29, 1.82) is 0 Å². The van der Waals surface area contributed by atoms with Gasteiger partial charge in [0.1, 0.15) is 6.04 Å². The quantitative estimate of drug-likeness (QED) is 0.673. The molecule has 0 aromatic carbocycles. The van der Waals surface area contributed by atoms with E-state index in [1.165, 1.54) is 6.42 Å². The van der Waals surface area contributed by atoms with E-state index in [0.29, 0.717) is 12.5 Å². The van der Waals surface area contributed by atoms with Gasteiger partial charge in [-0.25, -0.2) is 0 Å². The van der Waals surface area contributed by atoms with Crippen LogP contribution in [0, 0.1) is 5.92 Å². The molecule has 0 spiro atoms. The number of nitrogens with one attached hydrogen (secondary N) is 1. The van der Waals surface area contributed by atoms with Crippen LogP contribution in [-0.4, -0.2) is 62.4 Å². The second-order valence-electron chi connectivity index (χ2n) is 4.40. The number of nitrogens with zero attached hydrogens (tertiary/aromatic N) is 1. The number of hydrogen-bond donors (Lipinski definition) is 2.